The molecule has 0 aliphatic carbocycles. The van der Waals surface area contributed by atoms with E-state index in [1.165, 1.54) is 0 Å². The van der Waals surface area contributed by atoms with Crippen LogP contribution in [0.3, 0.4) is 0 Å². The highest BCUT2D eigenvalue weighted by atomic mass is 35.5. The maximum Gasteiger partial charge on any atom is 0.257 e. The molecule has 0 saturated heterocycles. The quantitative estimate of drug-likeness (QED) is 0.599. The minimum Gasteiger partial charge on any atom is -0.497 e. The Morgan fingerprint density at radius 1 is 1.19 bits per heavy atom. The number of nitrogen functional groups attached to an aromatic ring is 1. The van der Waals surface area contributed by atoms with Crippen LogP contribution in [0.2, 0.25) is 5.02 Å². The van der Waals surface area contributed by atoms with Crippen molar-refractivity contribution in [2.45, 2.75) is 6.92 Å². The molecular weight excluding hydrogens is 290 g/mol. The lowest BCUT2D eigenvalue weighted by atomic mass is 10.1. The van der Waals surface area contributed by atoms with Crippen LogP contribution in [0.4, 0.5) is 11.4 Å². The Morgan fingerprint density at radius 3 is 2.62 bits per heavy atom. The van der Waals surface area contributed by atoms with Crippen LogP contribution in [0.15, 0.2) is 36.4 Å². The van der Waals surface area contributed by atoms with Gasteiger partial charge in [-0.25, -0.2) is 0 Å². The molecule has 0 atom stereocenters. The Hall–Kier alpha value is -2.24. The fraction of sp³-hybridized carbons (Fsp3) is 0.133. The normalized spacial score (nSPS) is 10.1. The van der Waals surface area contributed by atoms with E-state index in [0.29, 0.717) is 27.7 Å². The van der Waals surface area contributed by atoms with E-state index in [-0.39, 0.29) is 5.91 Å². The molecular formula is C15H16ClN3O2. The van der Waals surface area contributed by atoms with Gasteiger partial charge in [0.15, 0.2) is 0 Å². The van der Waals surface area contributed by atoms with Crippen molar-refractivity contribution < 1.29 is 9.53 Å². The SMILES string of the molecule is COc1ccc(Cl)c(NC(=O)c2ccc(C)cc2NN)c1. The zero-order valence-electron chi connectivity index (χ0n) is 11.7. The largest absolute Gasteiger partial charge is 0.497 e. The molecule has 2 rings (SSSR count). The number of hydrazine groups is 1. The molecule has 0 saturated carbocycles. The lowest BCUT2D eigenvalue weighted by Crippen LogP contribution is -2.17. The number of anilines is 2. The highest BCUT2D eigenvalue weighted by Crippen LogP contribution is 2.28. The summed E-state index contributed by atoms with van der Waals surface area (Å²) in [5, 5.41) is 3.18. The number of nitrogens with two attached hydrogens (primary N) is 1. The fourth-order valence-electron chi connectivity index (χ4n) is 1.89. The van der Waals surface area contributed by atoms with Gasteiger partial charge in [0.25, 0.3) is 5.91 Å². The molecule has 0 heterocycles. The number of amides is 1. The maximum absolute atomic E-state index is 12.4. The van der Waals surface area contributed by atoms with Gasteiger partial charge in [-0.3, -0.25) is 10.6 Å². The van der Waals surface area contributed by atoms with E-state index in [2.05, 4.69) is 10.7 Å². The topological polar surface area (TPSA) is 76.4 Å². The van der Waals surface area contributed by atoms with Crippen LogP contribution in [0.5, 0.6) is 5.75 Å². The monoisotopic (exact) mass is 305 g/mol. The van der Waals surface area contributed by atoms with E-state index in [9.17, 15) is 4.79 Å². The van der Waals surface area contributed by atoms with Crippen LogP contribution >= 0.6 is 11.6 Å². The van der Waals surface area contributed by atoms with Gasteiger partial charge in [0.2, 0.25) is 0 Å². The standard InChI is InChI=1S/C15H16ClN3O2/c1-9-3-5-11(13(7-9)19-17)15(20)18-14-8-10(21-2)4-6-12(14)16/h3-8,19H,17H2,1-2H3,(H,18,20). The summed E-state index contributed by atoms with van der Waals surface area (Å²) in [4.78, 5) is 12.4. The Balaban J connectivity index is 2.30. The van der Waals surface area contributed by atoms with Gasteiger partial charge in [0.05, 0.1) is 29.1 Å². The van der Waals surface area contributed by atoms with Gasteiger partial charge >= 0.3 is 0 Å². The van der Waals surface area contributed by atoms with Gasteiger partial charge in [-0.15, -0.1) is 0 Å². The number of rotatable bonds is 4. The highest BCUT2D eigenvalue weighted by Gasteiger charge is 2.13. The molecule has 6 heteroatoms. The molecule has 0 unspecified atom stereocenters. The molecule has 0 bridgehead atoms. The van der Waals surface area contributed by atoms with E-state index < -0.39 is 0 Å². The molecule has 0 aliphatic heterocycles. The van der Waals surface area contributed by atoms with Crippen molar-refractivity contribution in [3.05, 3.63) is 52.5 Å². The average molecular weight is 306 g/mol. The van der Waals surface area contributed by atoms with Gasteiger partial charge in [-0.1, -0.05) is 17.7 Å². The molecule has 1 amide bonds. The molecule has 2 aromatic rings. The van der Waals surface area contributed by atoms with E-state index in [0.717, 1.165) is 5.56 Å². The lowest BCUT2D eigenvalue weighted by Gasteiger charge is -2.12. The van der Waals surface area contributed by atoms with Crippen molar-refractivity contribution >= 4 is 28.9 Å². The number of ether oxygens (including phenoxy) is 1. The van der Waals surface area contributed by atoms with Gasteiger partial charge in [0.1, 0.15) is 5.75 Å². The van der Waals surface area contributed by atoms with E-state index in [4.69, 9.17) is 22.2 Å². The summed E-state index contributed by atoms with van der Waals surface area (Å²) in [6.45, 7) is 1.92. The number of carbonyl (C=O) groups excluding carboxylic acids is 1. The van der Waals surface area contributed by atoms with Crippen molar-refractivity contribution in [2.24, 2.45) is 5.84 Å². The van der Waals surface area contributed by atoms with Gasteiger partial charge in [-0.2, -0.15) is 0 Å². The van der Waals surface area contributed by atoms with Crippen LogP contribution in [-0.4, -0.2) is 13.0 Å². The Labute approximate surface area is 128 Å². The lowest BCUT2D eigenvalue weighted by molar-refractivity contribution is 0.102. The second-order valence-corrected chi connectivity index (χ2v) is 4.90. The van der Waals surface area contributed by atoms with Crippen LogP contribution in [0.1, 0.15) is 15.9 Å². The molecule has 5 nitrogen and oxygen atoms in total. The zero-order chi connectivity index (χ0) is 15.4. The van der Waals surface area contributed by atoms with Crippen LogP contribution < -0.4 is 21.3 Å². The van der Waals surface area contributed by atoms with Gasteiger partial charge < -0.3 is 15.5 Å². The smallest absolute Gasteiger partial charge is 0.257 e. The number of hydrogen-bond acceptors (Lipinski definition) is 4. The van der Waals surface area contributed by atoms with Crippen LogP contribution in [0.25, 0.3) is 0 Å². The number of aryl methyl sites for hydroxylation is 1. The van der Waals surface area contributed by atoms with E-state index in [1.807, 2.05) is 13.0 Å². The molecule has 0 aliphatic rings. The number of methoxy groups -OCH3 is 1. The van der Waals surface area contributed by atoms with Crippen molar-refractivity contribution in [2.75, 3.05) is 17.9 Å². The second kappa shape index (κ2) is 6.47. The van der Waals surface area contributed by atoms with Crippen molar-refractivity contribution in [1.29, 1.82) is 0 Å². The first-order chi connectivity index (χ1) is 10.0. The fourth-order valence-corrected chi connectivity index (χ4v) is 2.06. The molecule has 110 valence electrons. The third-order valence-corrected chi connectivity index (χ3v) is 3.33. The first-order valence-electron chi connectivity index (χ1n) is 6.27. The van der Waals surface area contributed by atoms with Gasteiger partial charge in [0, 0.05) is 6.07 Å². The molecule has 0 radical (unpaired) electrons. The third kappa shape index (κ3) is 3.45. The predicted molar refractivity (Wildman–Crippen MR) is 84.9 cm³/mol. The van der Waals surface area contributed by atoms with Crippen molar-refractivity contribution in [3.63, 3.8) is 0 Å². The summed E-state index contributed by atoms with van der Waals surface area (Å²) in [6, 6.07) is 10.4. The first-order valence-corrected chi connectivity index (χ1v) is 6.65. The summed E-state index contributed by atoms with van der Waals surface area (Å²) in [5.41, 5.74) is 4.98. The van der Waals surface area contributed by atoms with E-state index >= 15 is 0 Å². The molecule has 0 spiro atoms. The molecule has 4 N–H and O–H groups in total. The average Bonchev–Trinajstić information content (AvgIpc) is 2.49. The van der Waals surface area contributed by atoms with Gasteiger partial charge in [-0.05, 0) is 36.8 Å². The highest BCUT2D eigenvalue weighted by molar-refractivity contribution is 6.34. The summed E-state index contributed by atoms with van der Waals surface area (Å²) in [7, 11) is 1.55. The minimum absolute atomic E-state index is 0.307. The second-order valence-electron chi connectivity index (χ2n) is 4.49. The predicted octanol–water partition coefficient (Wildman–Crippen LogP) is 3.19. The molecule has 21 heavy (non-hydrogen) atoms. The minimum atomic E-state index is -0.307. The number of halogens is 1. The Bertz CT molecular complexity index is 674. The Kier molecular flexibility index (Phi) is 4.67. The Morgan fingerprint density at radius 2 is 1.95 bits per heavy atom. The first kappa shape index (κ1) is 15.2. The number of carbonyl (C=O) groups is 1. The van der Waals surface area contributed by atoms with Crippen molar-refractivity contribution in [1.82, 2.24) is 0 Å². The summed E-state index contributed by atoms with van der Waals surface area (Å²) in [5.74, 6) is 5.75. The van der Waals surface area contributed by atoms with Crippen LogP contribution in [0, 0.1) is 6.92 Å². The summed E-state index contributed by atoms with van der Waals surface area (Å²) in [6.07, 6.45) is 0. The number of hydrogen-bond donors (Lipinski definition) is 3. The van der Waals surface area contributed by atoms with E-state index in [1.54, 1.807) is 37.4 Å². The number of nitrogens with one attached hydrogen (secondary N) is 2. The summed E-state index contributed by atoms with van der Waals surface area (Å²) < 4.78 is 5.12. The summed E-state index contributed by atoms with van der Waals surface area (Å²) >= 11 is 6.07. The van der Waals surface area contributed by atoms with Crippen molar-refractivity contribution in [3.8, 4) is 5.75 Å². The third-order valence-electron chi connectivity index (χ3n) is 3.00. The van der Waals surface area contributed by atoms with Crippen LogP contribution in [-0.2, 0) is 0 Å². The maximum atomic E-state index is 12.4. The number of benzene rings is 2. The molecule has 0 fully saturated rings. The zero-order valence-corrected chi connectivity index (χ0v) is 12.5. The molecule has 2 aromatic carbocycles. The molecule has 0 aromatic heterocycles.